The maximum atomic E-state index is 5.62. The summed E-state index contributed by atoms with van der Waals surface area (Å²) in [6.45, 7) is 1.98. The molecule has 1 aromatic rings. The molecule has 0 aliphatic rings. The zero-order chi connectivity index (χ0) is 6.85. The van der Waals surface area contributed by atoms with Gasteiger partial charge in [0.05, 0.1) is 3.79 Å². The van der Waals surface area contributed by atoms with E-state index in [1.54, 1.807) is 11.3 Å². The van der Waals surface area contributed by atoms with E-state index in [0.717, 1.165) is 3.79 Å². The van der Waals surface area contributed by atoms with Crippen LogP contribution in [0.3, 0.4) is 0 Å². The normalized spacial score (nSPS) is 13.7. The molecule has 1 unspecified atom stereocenters. The van der Waals surface area contributed by atoms with Gasteiger partial charge in [0.1, 0.15) is 0 Å². The van der Waals surface area contributed by atoms with Gasteiger partial charge in [-0.1, -0.05) is 0 Å². The molecule has 1 rings (SSSR count). The number of halogens is 1. The average molecular weight is 206 g/mol. The lowest BCUT2D eigenvalue weighted by Gasteiger charge is -1.96. The van der Waals surface area contributed by atoms with Crippen LogP contribution in [0.1, 0.15) is 17.8 Å². The Morgan fingerprint density at radius 1 is 1.67 bits per heavy atom. The van der Waals surface area contributed by atoms with Crippen molar-refractivity contribution < 1.29 is 0 Å². The Morgan fingerprint density at radius 3 is 2.56 bits per heavy atom. The van der Waals surface area contributed by atoms with Gasteiger partial charge < -0.3 is 5.73 Å². The van der Waals surface area contributed by atoms with Crippen molar-refractivity contribution in [3.63, 3.8) is 0 Å². The van der Waals surface area contributed by atoms with Crippen molar-refractivity contribution in [3.05, 3.63) is 20.8 Å². The van der Waals surface area contributed by atoms with Gasteiger partial charge in [-0.15, -0.1) is 11.3 Å². The smallest absolute Gasteiger partial charge is 0.0701 e. The van der Waals surface area contributed by atoms with E-state index in [0.29, 0.717) is 0 Å². The highest BCUT2D eigenvalue weighted by Crippen LogP contribution is 2.25. The fourth-order valence-corrected chi connectivity index (χ4v) is 1.95. The highest BCUT2D eigenvalue weighted by atomic mass is 79.9. The predicted octanol–water partition coefficient (Wildman–Crippen LogP) is 2.53. The molecule has 0 fully saturated rings. The Kier molecular flexibility index (Phi) is 2.27. The molecule has 2 N–H and O–H groups in total. The fraction of sp³-hybridized carbons (Fsp3) is 0.333. The van der Waals surface area contributed by atoms with Gasteiger partial charge in [0.15, 0.2) is 0 Å². The predicted molar refractivity (Wildman–Crippen MR) is 44.6 cm³/mol. The number of rotatable bonds is 1. The van der Waals surface area contributed by atoms with E-state index in [1.807, 2.05) is 19.1 Å². The Morgan fingerprint density at radius 2 is 2.33 bits per heavy atom. The first-order valence-corrected chi connectivity index (χ1v) is 4.32. The topological polar surface area (TPSA) is 26.0 Å². The summed E-state index contributed by atoms with van der Waals surface area (Å²) in [6, 6.07) is 4.23. The molecule has 1 heterocycles. The Balaban J connectivity index is 2.85. The second kappa shape index (κ2) is 2.82. The van der Waals surface area contributed by atoms with Crippen molar-refractivity contribution in [2.45, 2.75) is 13.0 Å². The third kappa shape index (κ3) is 1.78. The minimum atomic E-state index is 0.168. The van der Waals surface area contributed by atoms with Crippen molar-refractivity contribution in [2.24, 2.45) is 5.73 Å². The van der Waals surface area contributed by atoms with E-state index in [2.05, 4.69) is 15.9 Å². The molecule has 1 aromatic heterocycles. The van der Waals surface area contributed by atoms with Crippen molar-refractivity contribution in [3.8, 4) is 0 Å². The molecular weight excluding hydrogens is 198 g/mol. The van der Waals surface area contributed by atoms with Gasteiger partial charge in [-0.25, -0.2) is 0 Å². The van der Waals surface area contributed by atoms with Crippen LogP contribution < -0.4 is 5.73 Å². The van der Waals surface area contributed by atoms with Crippen LogP contribution in [0.25, 0.3) is 0 Å². The highest BCUT2D eigenvalue weighted by molar-refractivity contribution is 9.11. The van der Waals surface area contributed by atoms with Crippen LogP contribution in [-0.2, 0) is 0 Å². The number of nitrogens with two attached hydrogens (primary N) is 1. The van der Waals surface area contributed by atoms with Gasteiger partial charge in [-0.05, 0) is 35.0 Å². The van der Waals surface area contributed by atoms with E-state index >= 15 is 0 Å². The second-order valence-electron chi connectivity index (χ2n) is 1.93. The molecule has 3 heteroatoms. The van der Waals surface area contributed by atoms with Crippen molar-refractivity contribution in [2.75, 3.05) is 0 Å². The second-order valence-corrected chi connectivity index (χ2v) is 4.43. The summed E-state index contributed by atoms with van der Waals surface area (Å²) in [5, 5.41) is 0. The Bertz CT molecular complexity index is 195. The molecular formula is C6H8BrNS. The monoisotopic (exact) mass is 205 g/mol. The van der Waals surface area contributed by atoms with Crippen LogP contribution in [-0.4, -0.2) is 0 Å². The van der Waals surface area contributed by atoms with Gasteiger partial charge in [-0.3, -0.25) is 0 Å². The standard InChI is InChI=1S/C6H8BrNS/c1-4(8)5-2-3-6(7)9-5/h2-4H,8H2,1H3. The van der Waals surface area contributed by atoms with Crippen LogP contribution in [0.2, 0.25) is 0 Å². The van der Waals surface area contributed by atoms with Crippen molar-refractivity contribution in [1.29, 1.82) is 0 Å². The molecule has 0 saturated heterocycles. The van der Waals surface area contributed by atoms with Gasteiger partial charge in [0.25, 0.3) is 0 Å². The van der Waals surface area contributed by atoms with Crippen LogP contribution in [0.4, 0.5) is 0 Å². The SMILES string of the molecule is CC(N)c1ccc(Br)s1. The highest BCUT2D eigenvalue weighted by Gasteiger charge is 2.00. The fourth-order valence-electron chi connectivity index (χ4n) is 0.573. The largest absolute Gasteiger partial charge is 0.324 e. The summed E-state index contributed by atoms with van der Waals surface area (Å²) < 4.78 is 1.15. The molecule has 50 valence electrons. The molecule has 0 spiro atoms. The zero-order valence-electron chi connectivity index (χ0n) is 5.10. The van der Waals surface area contributed by atoms with E-state index < -0.39 is 0 Å². The summed E-state index contributed by atoms with van der Waals surface area (Å²) in [7, 11) is 0. The summed E-state index contributed by atoms with van der Waals surface area (Å²) in [5.41, 5.74) is 5.62. The third-order valence-corrected chi connectivity index (χ3v) is 2.87. The quantitative estimate of drug-likeness (QED) is 0.750. The summed E-state index contributed by atoms with van der Waals surface area (Å²) in [5.74, 6) is 0. The molecule has 0 aliphatic heterocycles. The van der Waals surface area contributed by atoms with Crippen LogP contribution in [0.5, 0.6) is 0 Å². The lowest BCUT2D eigenvalue weighted by atomic mass is 10.3. The van der Waals surface area contributed by atoms with Crippen molar-refractivity contribution >= 4 is 27.3 Å². The van der Waals surface area contributed by atoms with E-state index in [-0.39, 0.29) is 6.04 Å². The molecule has 0 amide bonds. The summed E-state index contributed by atoms with van der Waals surface area (Å²) in [4.78, 5) is 1.22. The molecule has 0 aromatic carbocycles. The van der Waals surface area contributed by atoms with E-state index in [4.69, 9.17) is 5.73 Å². The third-order valence-electron chi connectivity index (χ3n) is 1.04. The average Bonchev–Trinajstić information content (AvgIpc) is 2.14. The molecule has 0 bridgehead atoms. The molecule has 1 atom stereocenters. The van der Waals surface area contributed by atoms with Gasteiger partial charge in [0, 0.05) is 10.9 Å². The zero-order valence-corrected chi connectivity index (χ0v) is 7.50. The Labute approximate surface area is 67.0 Å². The first-order valence-electron chi connectivity index (χ1n) is 2.71. The summed E-state index contributed by atoms with van der Waals surface area (Å²) >= 11 is 5.05. The lowest BCUT2D eigenvalue weighted by Crippen LogP contribution is -2.01. The van der Waals surface area contributed by atoms with Crippen molar-refractivity contribution in [1.82, 2.24) is 0 Å². The Hall–Kier alpha value is 0.140. The van der Waals surface area contributed by atoms with Gasteiger partial charge in [0.2, 0.25) is 0 Å². The molecule has 0 aliphatic carbocycles. The number of hydrogen-bond donors (Lipinski definition) is 1. The molecule has 9 heavy (non-hydrogen) atoms. The summed E-state index contributed by atoms with van der Waals surface area (Å²) in [6.07, 6.45) is 0. The lowest BCUT2D eigenvalue weighted by molar-refractivity contribution is 0.838. The minimum absolute atomic E-state index is 0.168. The van der Waals surface area contributed by atoms with Crippen LogP contribution >= 0.6 is 27.3 Å². The molecule has 0 saturated carbocycles. The maximum Gasteiger partial charge on any atom is 0.0701 e. The van der Waals surface area contributed by atoms with E-state index in [1.165, 1.54) is 4.88 Å². The van der Waals surface area contributed by atoms with E-state index in [9.17, 15) is 0 Å². The molecule has 0 radical (unpaired) electrons. The first kappa shape index (κ1) is 7.25. The minimum Gasteiger partial charge on any atom is -0.324 e. The number of thiophene rings is 1. The van der Waals surface area contributed by atoms with Gasteiger partial charge in [-0.2, -0.15) is 0 Å². The molecule has 1 nitrogen and oxygen atoms in total. The van der Waals surface area contributed by atoms with Crippen LogP contribution in [0.15, 0.2) is 15.9 Å². The first-order chi connectivity index (χ1) is 4.20. The van der Waals surface area contributed by atoms with Crippen LogP contribution in [0, 0.1) is 0 Å². The van der Waals surface area contributed by atoms with Gasteiger partial charge >= 0.3 is 0 Å². The number of hydrogen-bond acceptors (Lipinski definition) is 2. The maximum absolute atomic E-state index is 5.62.